The fraction of sp³-hybridized carbons (Fsp3) is 0.833. The van der Waals surface area contributed by atoms with E-state index in [9.17, 15) is 4.79 Å². The maximum Gasteiger partial charge on any atom is 0.316 e. The molecule has 3 nitrogen and oxygen atoms in total. The van der Waals surface area contributed by atoms with Crippen molar-refractivity contribution in [1.29, 1.82) is 0 Å². The Morgan fingerprint density at radius 2 is 1.81 bits per heavy atom. The number of hydrogen-bond donors (Lipinski definition) is 0. The Labute approximate surface area is 128 Å². The third-order valence-electron chi connectivity index (χ3n) is 5.40. The summed E-state index contributed by atoms with van der Waals surface area (Å²) in [5, 5.41) is 0. The van der Waals surface area contributed by atoms with Crippen molar-refractivity contribution in [2.75, 3.05) is 13.2 Å². The van der Waals surface area contributed by atoms with Crippen molar-refractivity contribution in [2.24, 2.45) is 11.3 Å². The van der Waals surface area contributed by atoms with Crippen LogP contribution in [0.1, 0.15) is 64.2 Å². The number of carbonyl (C=O) groups is 1. The molecule has 0 amide bonds. The largest absolute Gasteiger partial charge is 0.463 e. The first-order chi connectivity index (χ1) is 10.3. The van der Waals surface area contributed by atoms with Gasteiger partial charge in [0.15, 0.2) is 0 Å². The van der Waals surface area contributed by atoms with Crippen LogP contribution in [0.2, 0.25) is 0 Å². The molecule has 2 bridgehead atoms. The average molecular weight is 292 g/mol. The first kappa shape index (κ1) is 15.1. The van der Waals surface area contributed by atoms with Crippen LogP contribution in [0, 0.1) is 11.3 Å². The molecule has 0 aromatic rings. The van der Waals surface area contributed by atoms with Crippen LogP contribution in [0.3, 0.4) is 0 Å². The van der Waals surface area contributed by atoms with Crippen molar-refractivity contribution in [3.05, 3.63) is 12.2 Å². The molecule has 2 atom stereocenters. The van der Waals surface area contributed by atoms with Crippen LogP contribution in [-0.2, 0) is 14.3 Å². The van der Waals surface area contributed by atoms with E-state index in [0.717, 1.165) is 19.3 Å². The predicted molar refractivity (Wildman–Crippen MR) is 81.9 cm³/mol. The summed E-state index contributed by atoms with van der Waals surface area (Å²) in [6.45, 7) is 0.967. The molecule has 0 saturated heterocycles. The fourth-order valence-electron chi connectivity index (χ4n) is 4.08. The zero-order chi connectivity index (χ0) is 14.5. The van der Waals surface area contributed by atoms with E-state index in [0.29, 0.717) is 25.2 Å². The maximum atomic E-state index is 12.2. The number of ether oxygens (including phenoxy) is 2. The molecule has 118 valence electrons. The molecule has 3 rings (SSSR count). The minimum Gasteiger partial charge on any atom is -0.463 e. The summed E-state index contributed by atoms with van der Waals surface area (Å²) in [5.74, 6) is 0.587. The second-order valence-corrected chi connectivity index (χ2v) is 6.99. The van der Waals surface area contributed by atoms with Gasteiger partial charge >= 0.3 is 5.97 Å². The van der Waals surface area contributed by atoms with E-state index in [-0.39, 0.29) is 11.4 Å². The quantitative estimate of drug-likeness (QED) is 0.436. The third kappa shape index (κ3) is 3.68. The molecular formula is C18H28O3. The van der Waals surface area contributed by atoms with Crippen LogP contribution in [0.5, 0.6) is 0 Å². The van der Waals surface area contributed by atoms with Gasteiger partial charge in [-0.05, 0) is 38.0 Å². The van der Waals surface area contributed by atoms with Crippen LogP contribution < -0.4 is 0 Å². The van der Waals surface area contributed by atoms with E-state index in [1.54, 1.807) is 0 Å². The Kier molecular flexibility index (Phi) is 4.99. The molecule has 3 aliphatic rings. The summed E-state index contributed by atoms with van der Waals surface area (Å²) in [5.41, 5.74) is -0.287. The Hall–Kier alpha value is -0.830. The van der Waals surface area contributed by atoms with E-state index in [1.807, 2.05) is 0 Å². The highest BCUT2D eigenvalue weighted by atomic mass is 16.6. The number of allylic oxidation sites excluding steroid dienone is 1. The van der Waals surface area contributed by atoms with Gasteiger partial charge in [0.05, 0.1) is 18.1 Å². The molecule has 2 fully saturated rings. The van der Waals surface area contributed by atoms with Crippen molar-refractivity contribution in [2.45, 2.75) is 70.3 Å². The number of fused-ring (bicyclic) bond motifs is 2. The Bertz CT molecular complexity index is 382. The smallest absolute Gasteiger partial charge is 0.316 e. The molecule has 21 heavy (non-hydrogen) atoms. The molecule has 0 N–H and O–H groups in total. The lowest BCUT2D eigenvalue weighted by Gasteiger charge is -2.23. The first-order valence-corrected chi connectivity index (χ1v) is 8.77. The Morgan fingerprint density at radius 1 is 1.05 bits per heavy atom. The van der Waals surface area contributed by atoms with Crippen LogP contribution in [0.25, 0.3) is 0 Å². The SMILES string of the molecule is O=C(OCCOC1CCCCCCC1)C12C=CC(CC1)C2. The molecule has 2 saturated carbocycles. The summed E-state index contributed by atoms with van der Waals surface area (Å²) in [4.78, 5) is 12.2. The van der Waals surface area contributed by atoms with Crippen molar-refractivity contribution in [1.82, 2.24) is 0 Å². The van der Waals surface area contributed by atoms with E-state index < -0.39 is 0 Å². The summed E-state index contributed by atoms with van der Waals surface area (Å²) < 4.78 is 11.4. The van der Waals surface area contributed by atoms with Gasteiger partial charge in [-0.2, -0.15) is 0 Å². The van der Waals surface area contributed by atoms with Crippen molar-refractivity contribution < 1.29 is 14.3 Å². The maximum absolute atomic E-state index is 12.2. The average Bonchev–Trinajstić information content (AvgIpc) is 3.07. The molecule has 0 aromatic carbocycles. The highest BCUT2D eigenvalue weighted by molar-refractivity contribution is 5.80. The zero-order valence-corrected chi connectivity index (χ0v) is 13.0. The van der Waals surface area contributed by atoms with E-state index in [1.165, 1.54) is 44.9 Å². The van der Waals surface area contributed by atoms with Gasteiger partial charge in [-0.3, -0.25) is 4.79 Å². The zero-order valence-electron chi connectivity index (χ0n) is 13.0. The molecule has 0 aliphatic heterocycles. The standard InChI is InChI=1S/C18H28O3/c19-17(18-10-8-15(14-18)9-11-18)21-13-12-20-16-6-4-2-1-3-5-7-16/h8,10,15-16H,1-7,9,11-14H2. The molecule has 0 heterocycles. The number of rotatable bonds is 5. The second-order valence-electron chi connectivity index (χ2n) is 6.99. The highest BCUT2D eigenvalue weighted by Crippen LogP contribution is 2.49. The predicted octanol–water partition coefficient (Wildman–Crippen LogP) is 4.02. The third-order valence-corrected chi connectivity index (χ3v) is 5.40. The van der Waals surface area contributed by atoms with Gasteiger partial charge in [-0.25, -0.2) is 0 Å². The number of esters is 1. The van der Waals surface area contributed by atoms with Crippen molar-refractivity contribution >= 4 is 5.97 Å². The topological polar surface area (TPSA) is 35.5 Å². The number of hydrogen-bond acceptors (Lipinski definition) is 3. The minimum atomic E-state index is -0.287. The summed E-state index contributed by atoms with van der Waals surface area (Å²) in [7, 11) is 0. The van der Waals surface area contributed by atoms with Gasteiger partial charge in [0, 0.05) is 0 Å². The second kappa shape index (κ2) is 6.95. The van der Waals surface area contributed by atoms with E-state index in [4.69, 9.17) is 9.47 Å². The normalized spacial score (nSPS) is 32.9. The van der Waals surface area contributed by atoms with Crippen LogP contribution in [0.15, 0.2) is 12.2 Å². The van der Waals surface area contributed by atoms with Crippen LogP contribution >= 0.6 is 0 Å². The minimum absolute atomic E-state index is 0.0278. The van der Waals surface area contributed by atoms with Gasteiger partial charge in [0.2, 0.25) is 0 Å². The molecule has 0 aromatic heterocycles. The Morgan fingerprint density at radius 3 is 2.43 bits per heavy atom. The van der Waals surface area contributed by atoms with Gasteiger partial charge in [-0.15, -0.1) is 0 Å². The summed E-state index contributed by atoms with van der Waals surface area (Å²) in [6, 6.07) is 0. The van der Waals surface area contributed by atoms with Gasteiger partial charge in [0.1, 0.15) is 6.61 Å². The fourth-order valence-corrected chi connectivity index (χ4v) is 4.08. The summed E-state index contributed by atoms with van der Waals surface area (Å²) >= 11 is 0. The van der Waals surface area contributed by atoms with E-state index in [2.05, 4.69) is 12.2 Å². The number of carbonyl (C=O) groups excluding carboxylic acids is 1. The highest BCUT2D eigenvalue weighted by Gasteiger charge is 2.47. The molecular weight excluding hydrogens is 264 g/mol. The Balaban J connectivity index is 1.34. The monoisotopic (exact) mass is 292 g/mol. The van der Waals surface area contributed by atoms with Crippen LogP contribution in [0.4, 0.5) is 0 Å². The lowest BCUT2D eigenvalue weighted by molar-refractivity contribution is -0.154. The van der Waals surface area contributed by atoms with Crippen molar-refractivity contribution in [3.8, 4) is 0 Å². The summed E-state index contributed by atoms with van der Waals surface area (Å²) in [6.07, 6.45) is 16.7. The first-order valence-electron chi connectivity index (χ1n) is 8.77. The molecule has 3 heteroatoms. The van der Waals surface area contributed by atoms with E-state index >= 15 is 0 Å². The van der Waals surface area contributed by atoms with Gasteiger partial charge in [-0.1, -0.05) is 44.3 Å². The van der Waals surface area contributed by atoms with Gasteiger partial charge in [0.25, 0.3) is 0 Å². The molecule has 2 unspecified atom stereocenters. The van der Waals surface area contributed by atoms with Crippen molar-refractivity contribution in [3.63, 3.8) is 0 Å². The van der Waals surface area contributed by atoms with Gasteiger partial charge < -0.3 is 9.47 Å². The molecule has 0 spiro atoms. The lowest BCUT2D eigenvalue weighted by Crippen LogP contribution is -2.28. The molecule has 0 radical (unpaired) electrons. The lowest BCUT2D eigenvalue weighted by atomic mass is 9.88. The van der Waals surface area contributed by atoms with Crippen LogP contribution in [-0.4, -0.2) is 25.3 Å². The molecule has 3 aliphatic carbocycles.